The molecule has 6 nitrogen and oxygen atoms in total. The fourth-order valence-electron chi connectivity index (χ4n) is 1.31. The highest BCUT2D eigenvalue weighted by Gasteiger charge is 2.48. The lowest BCUT2D eigenvalue weighted by atomic mass is 10.3. The predicted octanol–water partition coefficient (Wildman–Crippen LogP) is -1.04. The van der Waals surface area contributed by atoms with Crippen molar-refractivity contribution in [3.63, 3.8) is 0 Å². The summed E-state index contributed by atoms with van der Waals surface area (Å²) in [4.78, 5) is 32.5. The van der Waals surface area contributed by atoms with Crippen molar-refractivity contribution < 1.29 is 19.5 Å². The minimum atomic E-state index is -0.929. The molecular formula is C9H14N2O4. The molecule has 0 bridgehead atoms. The summed E-state index contributed by atoms with van der Waals surface area (Å²) in [5, 5.41) is 13.5. The topological polar surface area (TPSA) is 95.5 Å². The Morgan fingerprint density at radius 1 is 1.33 bits per heavy atom. The van der Waals surface area contributed by atoms with E-state index in [1.807, 2.05) is 0 Å². The van der Waals surface area contributed by atoms with Gasteiger partial charge in [0.2, 0.25) is 11.8 Å². The van der Waals surface area contributed by atoms with Crippen LogP contribution in [0.3, 0.4) is 0 Å². The van der Waals surface area contributed by atoms with Crippen molar-refractivity contribution >= 4 is 17.8 Å². The largest absolute Gasteiger partial charge is 0.481 e. The van der Waals surface area contributed by atoms with Crippen LogP contribution in [0.25, 0.3) is 0 Å². The summed E-state index contributed by atoms with van der Waals surface area (Å²) in [6.07, 6.45) is 0.619. The third-order valence-electron chi connectivity index (χ3n) is 2.37. The van der Waals surface area contributed by atoms with Crippen molar-refractivity contribution in [1.29, 1.82) is 0 Å². The molecule has 0 spiro atoms. The molecule has 2 unspecified atom stereocenters. The fraction of sp³-hybridized carbons (Fsp3) is 0.667. The van der Waals surface area contributed by atoms with Gasteiger partial charge in [-0.1, -0.05) is 0 Å². The Kier molecular flexibility index (Phi) is 3.65. The van der Waals surface area contributed by atoms with Gasteiger partial charge in [0.25, 0.3) is 0 Å². The summed E-state index contributed by atoms with van der Waals surface area (Å²) in [5.41, 5.74) is 0. The first kappa shape index (κ1) is 11.5. The van der Waals surface area contributed by atoms with E-state index in [4.69, 9.17) is 5.11 Å². The predicted molar refractivity (Wildman–Crippen MR) is 50.9 cm³/mol. The highest BCUT2D eigenvalue weighted by molar-refractivity contribution is 5.89. The van der Waals surface area contributed by atoms with Gasteiger partial charge in [-0.05, 0) is 6.42 Å². The monoisotopic (exact) mass is 214 g/mol. The molecule has 1 saturated carbocycles. The van der Waals surface area contributed by atoms with Crippen LogP contribution in [0.1, 0.15) is 12.8 Å². The van der Waals surface area contributed by atoms with Crippen LogP contribution in [0.4, 0.5) is 0 Å². The van der Waals surface area contributed by atoms with Gasteiger partial charge >= 0.3 is 5.97 Å². The number of aliphatic carboxylic acids is 1. The molecule has 1 aliphatic carbocycles. The van der Waals surface area contributed by atoms with Gasteiger partial charge in [-0.15, -0.1) is 0 Å². The van der Waals surface area contributed by atoms with Gasteiger partial charge in [0.1, 0.15) is 0 Å². The molecule has 6 heteroatoms. The number of carbonyl (C=O) groups excluding carboxylic acids is 2. The maximum absolute atomic E-state index is 11.3. The number of amides is 2. The van der Waals surface area contributed by atoms with E-state index in [0.29, 0.717) is 6.42 Å². The van der Waals surface area contributed by atoms with Crippen molar-refractivity contribution in [2.24, 2.45) is 11.8 Å². The molecule has 3 N–H and O–H groups in total. The fourth-order valence-corrected chi connectivity index (χ4v) is 1.31. The van der Waals surface area contributed by atoms with Crippen molar-refractivity contribution in [2.45, 2.75) is 12.8 Å². The van der Waals surface area contributed by atoms with Gasteiger partial charge in [0.05, 0.1) is 11.8 Å². The Morgan fingerprint density at radius 2 is 2.00 bits per heavy atom. The first-order valence-electron chi connectivity index (χ1n) is 4.77. The molecule has 1 aliphatic rings. The number of carbonyl (C=O) groups is 3. The molecule has 1 rings (SSSR count). The number of carboxylic acids is 1. The number of rotatable bonds is 5. The third kappa shape index (κ3) is 3.23. The van der Waals surface area contributed by atoms with Crippen LogP contribution in [0.15, 0.2) is 0 Å². The summed E-state index contributed by atoms with van der Waals surface area (Å²) in [7, 11) is 1.52. The number of carboxylic acid groups (broad SMARTS) is 1. The molecule has 0 aliphatic heterocycles. The second kappa shape index (κ2) is 4.77. The molecule has 15 heavy (non-hydrogen) atoms. The number of hydrogen-bond acceptors (Lipinski definition) is 3. The second-order valence-corrected chi connectivity index (χ2v) is 3.50. The quantitative estimate of drug-likeness (QED) is 0.544. The maximum atomic E-state index is 11.3. The average molecular weight is 214 g/mol. The van der Waals surface area contributed by atoms with E-state index in [9.17, 15) is 14.4 Å². The molecular weight excluding hydrogens is 200 g/mol. The van der Waals surface area contributed by atoms with Gasteiger partial charge < -0.3 is 15.7 Å². The Bertz CT molecular complexity index is 290. The van der Waals surface area contributed by atoms with E-state index in [0.717, 1.165) is 0 Å². The first-order chi connectivity index (χ1) is 7.06. The van der Waals surface area contributed by atoms with Gasteiger partial charge in [-0.3, -0.25) is 14.4 Å². The second-order valence-electron chi connectivity index (χ2n) is 3.50. The van der Waals surface area contributed by atoms with Crippen LogP contribution >= 0.6 is 0 Å². The SMILES string of the molecule is CNC(=O)CCNC(=O)C1CC1C(=O)O. The van der Waals surface area contributed by atoms with E-state index >= 15 is 0 Å². The van der Waals surface area contributed by atoms with Crippen LogP contribution in [0.2, 0.25) is 0 Å². The van der Waals surface area contributed by atoms with Crippen molar-refractivity contribution in [2.75, 3.05) is 13.6 Å². The number of nitrogens with one attached hydrogen (secondary N) is 2. The van der Waals surface area contributed by atoms with Crippen LogP contribution in [-0.2, 0) is 14.4 Å². The highest BCUT2D eigenvalue weighted by atomic mass is 16.4. The molecule has 0 saturated heterocycles. The lowest BCUT2D eigenvalue weighted by Gasteiger charge is -2.03. The minimum Gasteiger partial charge on any atom is -0.481 e. The summed E-state index contributed by atoms with van der Waals surface area (Å²) >= 11 is 0. The van der Waals surface area contributed by atoms with Gasteiger partial charge in [0.15, 0.2) is 0 Å². The van der Waals surface area contributed by atoms with E-state index in [-0.39, 0.29) is 24.8 Å². The first-order valence-corrected chi connectivity index (χ1v) is 4.77. The molecule has 84 valence electrons. The molecule has 0 aromatic heterocycles. The maximum Gasteiger partial charge on any atom is 0.307 e. The summed E-state index contributed by atoms with van der Waals surface area (Å²) < 4.78 is 0. The summed E-state index contributed by atoms with van der Waals surface area (Å²) in [6, 6.07) is 0. The molecule has 2 amide bonds. The van der Waals surface area contributed by atoms with E-state index < -0.39 is 17.8 Å². The zero-order valence-corrected chi connectivity index (χ0v) is 8.45. The zero-order valence-electron chi connectivity index (χ0n) is 8.45. The Hall–Kier alpha value is -1.59. The molecule has 1 fully saturated rings. The van der Waals surface area contributed by atoms with Crippen LogP contribution in [-0.4, -0.2) is 36.5 Å². The van der Waals surface area contributed by atoms with Gasteiger partial charge in [0, 0.05) is 20.0 Å². The molecule has 0 aromatic carbocycles. The van der Waals surface area contributed by atoms with Crippen LogP contribution in [0, 0.1) is 11.8 Å². The summed E-state index contributed by atoms with van der Waals surface area (Å²) in [5.74, 6) is -2.30. The highest BCUT2D eigenvalue weighted by Crippen LogP contribution is 2.38. The van der Waals surface area contributed by atoms with Crippen molar-refractivity contribution in [3.8, 4) is 0 Å². The zero-order chi connectivity index (χ0) is 11.4. The third-order valence-corrected chi connectivity index (χ3v) is 2.37. The smallest absolute Gasteiger partial charge is 0.307 e. The lowest BCUT2D eigenvalue weighted by Crippen LogP contribution is -2.30. The molecule has 0 radical (unpaired) electrons. The number of hydrogen-bond donors (Lipinski definition) is 3. The Labute approximate surface area is 87.0 Å². The normalized spacial score (nSPS) is 23.0. The van der Waals surface area contributed by atoms with Crippen LogP contribution < -0.4 is 10.6 Å². The summed E-state index contributed by atoms with van der Waals surface area (Å²) in [6.45, 7) is 0.251. The Balaban J connectivity index is 2.16. The van der Waals surface area contributed by atoms with Gasteiger partial charge in [-0.2, -0.15) is 0 Å². The van der Waals surface area contributed by atoms with Crippen molar-refractivity contribution in [3.05, 3.63) is 0 Å². The lowest BCUT2D eigenvalue weighted by molar-refractivity contribution is -0.140. The van der Waals surface area contributed by atoms with Crippen LogP contribution in [0.5, 0.6) is 0 Å². The standard InChI is InChI=1S/C9H14N2O4/c1-10-7(12)2-3-11-8(13)5-4-6(5)9(14)15/h5-6H,2-4H2,1H3,(H,10,12)(H,11,13)(H,14,15). The van der Waals surface area contributed by atoms with E-state index in [2.05, 4.69) is 10.6 Å². The molecule has 2 atom stereocenters. The average Bonchev–Trinajstić information content (AvgIpc) is 2.96. The van der Waals surface area contributed by atoms with E-state index in [1.165, 1.54) is 7.05 Å². The van der Waals surface area contributed by atoms with Crippen molar-refractivity contribution in [1.82, 2.24) is 10.6 Å². The molecule has 0 aromatic rings. The molecule has 0 heterocycles. The van der Waals surface area contributed by atoms with Gasteiger partial charge in [-0.25, -0.2) is 0 Å². The van der Waals surface area contributed by atoms with E-state index in [1.54, 1.807) is 0 Å². The Morgan fingerprint density at radius 3 is 2.47 bits per heavy atom. The minimum absolute atomic E-state index is 0.152.